The van der Waals surface area contributed by atoms with E-state index in [2.05, 4.69) is 46.6 Å². The lowest BCUT2D eigenvalue weighted by Gasteiger charge is -2.20. The molecule has 2 aromatic rings. The molecule has 1 fully saturated rings. The molecule has 3 nitrogen and oxygen atoms in total. The van der Waals surface area contributed by atoms with Gasteiger partial charge in [0.2, 0.25) is 0 Å². The number of rotatable bonds is 6. The Morgan fingerprint density at radius 2 is 1.73 bits per heavy atom. The highest BCUT2D eigenvalue weighted by Gasteiger charge is 2.14. The number of amidine groups is 1. The van der Waals surface area contributed by atoms with Crippen LogP contribution < -0.4 is 5.73 Å². The van der Waals surface area contributed by atoms with Crippen molar-refractivity contribution in [1.29, 1.82) is 0 Å². The third-order valence-electron chi connectivity index (χ3n) is 4.33. The fourth-order valence-corrected chi connectivity index (χ4v) is 4.78. The molecule has 0 bridgehead atoms. The zero-order valence-electron chi connectivity index (χ0n) is 14.9. The minimum atomic E-state index is 0.481. The van der Waals surface area contributed by atoms with Gasteiger partial charge in [-0.1, -0.05) is 73.5 Å². The van der Waals surface area contributed by atoms with Gasteiger partial charge in [-0.2, -0.15) is 5.10 Å². The molecule has 0 aromatic heterocycles. The minimum Gasteiger partial charge on any atom is -0.377 e. The Morgan fingerprint density at radius 3 is 2.46 bits per heavy atom. The fourth-order valence-electron chi connectivity index (χ4n) is 2.92. The Kier molecular flexibility index (Phi) is 7.65. The molecule has 26 heavy (non-hydrogen) atoms. The highest BCUT2D eigenvalue weighted by atomic mass is 32.2. The molecule has 0 radical (unpaired) electrons. The van der Waals surface area contributed by atoms with Crippen molar-refractivity contribution in [3.05, 3.63) is 65.7 Å². The maximum atomic E-state index is 5.91. The van der Waals surface area contributed by atoms with E-state index in [4.69, 9.17) is 5.73 Å². The first-order valence-electron chi connectivity index (χ1n) is 9.09. The average Bonchev–Trinajstić information content (AvgIpc) is 2.69. The van der Waals surface area contributed by atoms with E-state index in [1.54, 1.807) is 6.21 Å². The Labute approximate surface area is 164 Å². The maximum Gasteiger partial charge on any atom is 0.180 e. The summed E-state index contributed by atoms with van der Waals surface area (Å²) in [7, 11) is 0. The molecule has 0 amide bonds. The monoisotopic (exact) mass is 383 g/mol. The van der Waals surface area contributed by atoms with Gasteiger partial charge in [0.25, 0.3) is 0 Å². The second-order valence-corrected chi connectivity index (χ2v) is 8.77. The number of benzene rings is 2. The number of hydrogen-bond donors (Lipinski definition) is 1. The zero-order chi connectivity index (χ0) is 18.0. The van der Waals surface area contributed by atoms with Crippen LogP contribution in [0.5, 0.6) is 0 Å². The molecule has 0 spiro atoms. The van der Waals surface area contributed by atoms with E-state index in [9.17, 15) is 0 Å². The van der Waals surface area contributed by atoms with Crippen molar-refractivity contribution < 1.29 is 0 Å². The summed E-state index contributed by atoms with van der Waals surface area (Å²) in [5, 5.41) is 9.45. The molecule has 0 heterocycles. The first-order chi connectivity index (χ1) is 12.8. The summed E-state index contributed by atoms with van der Waals surface area (Å²) in [6.07, 6.45) is 8.62. The lowest BCUT2D eigenvalue weighted by atomic mass is 10.0. The van der Waals surface area contributed by atoms with Crippen LogP contribution in [0.1, 0.15) is 43.2 Å². The van der Waals surface area contributed by atoms with Gasteiger partial charge in [0.15, 0.2) is 5.17 Å². The van der Waals surface area contributed by atoms with Crippen LogP contribution in [0.3, 0.4) is 0 Å². The third-order valence-corrected chi connectivity index (χ3v) is 6.53. The van der Waals surface area contributed by atoms with E-state index < -0.39 is 0 Å². The van der Waals surface area contributed by atoms with Crippen LogP contribution in [0, 0.1) is 0 Å². The molecule has 0 saturated heterocycles. The molecule has 0 unspecified atom stereocenters. The van der Waals surface area contributed by atoms with E-state index in [-0.39, 0.29) is 0 Å². The number of nitrogens with zero attached hydrogens (tertiary/aromatic N) is 2. The molecular formula is C21H25N3S2. The van der Waals surface area contributed by atoms with Gasteiger partial charge in [-0.15, -0.1) is 16.9 Å². The van der Waals surface area contributed by atoms with E-state index in [0.717, 1.165) is 16.6 Å². The normalized spacial score (nSPS) is 16.2. The average molecular weight is 384 g/mol. The van der Waals surface area contributed by atoms with Crippen LogP contribution in [-0.2, 0) is 5.75 Å². The van der Waals surface area contributed by atoms with Crippen molar-refractivity contribution in [1.82, 2.24) is 0 Å². The van der Waals surface area contributed by atoms with Crippen molar-refractivity contribution in [3.63, 3.8) is 0 Å². The van der Waals surface area contributed by atoms with Gasteiger partial charge in [0.05, 0.1) is 6.21 Å². The summed E-state index contributed by atoms with van der Waals surface area (Å²) < 4.78 is 0. The lowest BCUT2D eigenvalue weighted by molar-refractivity contribution is 0.516. The van der Waals surface area contributed by atoms with Crippen molar-refractivity contribution >= 4 is 34.9 Å². The van der Waals surface area contributed by atoms with E-state index in [0.29, 0.717) is 5.17 Å². The van der Waals surface area contributed by atoms with Crippen LogP contribution in [0.2, 0.25) is 0 Å². The standard InChI is InChI=1S/C21H25N3S2/c22-21(25-16-18-7-3-1-4-8-18)24-23-15-17-11-13-20(14-12-17)26-19-9-5-2-6-10-19/h1,3-4,7-8,11-15,19H,2,5-6,9-10,16H2,(H2,22,24). The SMILES string of the molecule is NC(=NN=Cc1ccc(SC2CCCCC2)cc1)SCc1ccccc1. The van der Waals surface area contributed by atoms with Crippen molar-refractivity contribution in [3.8, 4) is 0 Å². The Bertz CT molecular complexity index is 721. The van der Waals surface area contributed by atoms with Gasteiger partial charge in [-0.25, -0.2) is 0 Å². The number of hydrogen-bond acceptors (Lipinski definition) is 4. The van der Waals surface area contributed by atoms with E-state index >= 15 is 0 Å². The second kappa shape index (κ2) is 10.4. The van der Waals surface area contributed by atoms with E-state index in [1.165, 1.54) is 54.3 Å². The van der Waals surface area contributed by atoms with Gasteiger partial charge >= 0.3 is 0 Å². The summed E-state index contributed by atoms with van der Waals surface area (Å²) in [4.78, 5) is 1.34. The van der Waals surface area contributed by atoms with Gasteiger partial charge < -0.3 is 5.73 Å². The largest absolute Gasteiger partial charge is 0.377 e. The highest BCUT2D eigenvalue weighted by Crippen LogP contribution is 2.33. The molecule has 0 atom stereocenters. The molecule has 2 N–H and O–H groups in total. The smallest absolute Gasteiger partial charge is 0.180 e. The second-order valence-electron chi connectivity index (χ2n) is 6.40. The third kappa shape index (κ3) is 6.54. The van der Waals surface area contributed by atoms with Gasteiger partial charge in [-0.05, 0) is 36.1 Å². The number of nitrogens with two attached hydrogens (primary N) is 1. The predicted molar refractivity (Wildman–Crippen MR) is 116 cm³/mol. The van der Waals surface area contributed by atoms with Crippen LogP contribution in [0.15, 0.2) is 69.7 Å². The van der Waals surface area contributed by atoms with Crippen molar-refractivity contribution in [2.24, 2.45) is 15.9 Å². The van der Waals surface area contributed by atoms with Gasteiger partial charge in [0.1, 0.15) is 0 Å². The summed E-state index contributed by atoms with van der Waals surface area (Å²) in [5.74, 6) is 0.804. The summed E-state index contributed by atoms with van der Waals surface area (Å²) in [6.45, 7) is 0. The zero-order valence-corrected chi connectivity index (χ0v) is 16.5. The lowest BCUT2D eigenvalue weighted by Crippen LogP contribution is -2.07. The van der Waals surface area contributed by atoms with Gasteiger partial charge in [-0.3, -0.25) is 0 Å². The van der Waals surface area contributed by atoms with Crippen LogP contribution in [0.4, 0.5) is 0 Å². The first kappa shape index (κ1) is 19.1. The van der Waals surface area contributed by atoms with Crippen LogP contribution in [-0.4, -0.2) is 16.6 Å². The van der Waals surface area contributed by atoms with Crippen LogP contribution in [0.25, 0.3) is 0 Å². The molecule has 1 saturated carbocycles. The molecule has 3 rings (SSSR count). The Hall–Kier alpha value is -1.72. The molecule has 5 heteroatoms. The summed E-state index contributed by atoms with van der Waals surface area (Å²) >= 11 is 3.51. The van der Waals surface area contributed by atoms with Crippen molar-refractivity contribution in [2.75, 3.05) is 0 Å². The Balaban J connectivity index is 1.46. The minimum absolute atomic E-state index is 0.481. The van der Waals surface area contributed by atoms with E-state index in [1.807, 2.05) is 30.0 Å². The Morgan fingerprint density at radius 1 is 1.00 bits per heavy atom. The van der Waals surface area contributed by atoms with Crippen molar-refractivity contribution in [2.45, 2.75) is 48.0 Å². The van der Waals surface area contributed by atoms with Gasteiger partial charge in [0, 0.05) is 15.9 Å². The molecular weight excluding hydrogens is 358 g/mol. The number of thioether (sulfide) groups is 2. The fraction of sp³-hybridized carbons (Fsp3) is 0.333. The molecule has 1 aliphatic rings. The molecule has 136 valence electrons. The predicted octanol–water partition coefficient (Wildman–Crippen LogP) is 5.69. The topological polar surface area (TPSA) is 50.7 Å². The summed E-state index contributed by atoms with van der Waals surface area (Å²) in [6, 6.07) is 18.8. The van der Waals surface area contributed by atoms with Crippen LogP contribution >= 0.6 is 23.5 Å². The highest BCUT2D eigenvalue weighted by molar-refractivity contribution is 8.13. The quantitative estimate of drug-likeness (QED) is 0.396. The molecule has 0 aliphatic heterocycles. The first-order valence-corrected chi connectivity index (χ1v) is 11.0. The summed E-state index contributed by atoms with van der Waals surface area (Å²) in [5.41, 5.74) is 8.18. The molecule has 1 aliphatic carbocycles. The molecule has 2 aromatic carbocycles. The maximum absolute atomic E-state index is 5.91.